The summed E-state index contributed by atoms with van der Waals surface area (Å²) in [6, 6.07) is 3.72. The number of carbonyl (C=O) groups excluding carboxylic acids is 1. The van der Waals surface area contributed by atoms with Crippen molar-refractivity contribution in [3.05, 3.63) is 21.9 Å². The van der Waals surface area contributed by atoms with Gasteiger partial charge in [0.15, 0.2) is 0 Å². The predicted octanol–water partition coefficient (Wildman–Crippen LogP) is 1.61. The van der Waals surface area contributed by atoms with Crippen LogP contribution < -0.4 is 5.32 Å². The monoisotopic (exact) mass is 273 g/mol. The quantitative estimate of drug-likeness (QED) is 0.907. The Kier molecular flexibility index (Phi) is 6.81. The van der Waals surface area contributed by atoms with E-state index in [1.165, 1.54) is 11.3 Å². The number of hydrogen-bond donors (Lipinski definition) is 1. The lowest BCUT2D eigenvalue weighted by Gasteiger charge is -2.17. The molecule has 0 aliphatic heterocycles. The molecule has 0 bridgehead atoms. The van der Waals surface area contributed by atoms with Gasteiger partial charge in [0, 0.05) is 30.9 Å². The Hall–Kier alpha value is -1.09. The Morgan fingerprint density at radius 1 is 1.65 bits per heavy atom. The lowest BCUT2D eigenvalue weighted by molar-refractivity contribution is -0.130. The van der Waals surface area contributed by atoms with E-state index in [0.717, 1.165) is 4.88 Å². The van der Waals surface area contributed by atoms with E-state index in [2.05, 4.69) is 11.4 Å². The molecule has 1 aromatic rings. The number of hydrogen-bond acceptors (Lipinski definition) is 4. The molecule has 0 aromatic carbocycles. The first-order chi connectivity index (χ1) is 7.54. The summed E-state index contributed by atoms with van der Waals surface area (Å²) in [7, 11) is 3.47. The molecule has 1 atom stereocenters. The number of halogens is 1. The number of nitrogens with zero attached hydrogens (tertiary/aromatic N) is 2. The molecule has 0 fully saturated rings. The maximum absolute atomic E-state index is 11.5. The number of thiophene rings is 1. The number of nitrogens with one attached hydrogen (secondary N) is 1. The first-order valence-electron chi connectivity index (χ1n) is 4.96. The standard InChI is InChI=1S/C11H15N3OS.ClH/c1-8(11(15)14(2)3)13-6-10-4-9(5-12)7-16-10;/h4,7-8,13H,6H2,1-3H3;1H/t8-;/m1./s1. The van der Waals surface area contributed by atoms with E-state index in [9.17, 15) is 4.79 Å². The molecular weight excluding hydrogens is 258 g/mol. The predicted molar refractivity (Wildman–Crippen MR) is 71.3 cm³/mol. The van der Waals surface area contributed by atoms with Crippen molar-refractivity contribution in [1.29, 1.82) is 5.26 Å². The van der Waals surface area contributed by atoms with Gasteiger partial charge in [0.1, 0.15) is 6.07 Å². The Bertz CT molecular complexity index is 411. The van der Waals surface area contributed by atoms with Crippen LogP contribution in [-0.4, -0.2) is 30.9 Å². The maximum Gasteiger partial charge on any atom is 0.238 e. The molecule has 0 spiro atoms. The van der Waals surface area contributed by atoms with Crippen molar-refractivity contribution in [3.8, 4) is 6.07 Å². The Labute approximate surface area is 112 Å². The summed E-state index contributed by atoms with van der Waals surface area (Å²) in [6.45, 7) is 2.45. The van der Waals surface area contributed by atoms with Gasteiger partial charge in [-0.25, -0.2) is 0 Å². The molecule has 0 saturated heterocycles. The fourth-order valence-corrected chi connectivity index (χ4v) is 2.02. The van der Waals surface area contributed by atoms with Crippen LogP contribution in [0, 0.1) is 11.3 Å². The molecule has 6 heteroatoms. The lowest BCUT2D eigenvalue weighted by atomic mass is 10.3. The minimum Gasteiger partial charge on any atom is -0.347 e. The minimum atomic E-state index is -0.206. The second-order valence-corrected chi connectivity index (χ2v) is 4.74. The van der Waals surface area contributed by atoms with Crippen molar-refractivity contribution < 1.29 is 4.79 Å². The third-order valence-electron chi connectivity index (χ3n) is 2.18. The van der Waals surface area contributed by atoms with Crippen LogP contribution in [0.25, 0.3) is 0 Å². The lowest BCUT2D eigenvalue weighted by Crippen LogP contribution is -2.40. The van der Waals surface area contributed by atoms with Gasteiger partial charge in [0.25, 0.3) is 0 Å². The van der Waals surface area contributed by atoms with Gasteiger partial charge in [-0.2, -0.15) is 5.26 Å². The van der Waals surface area contributed by atoms with E-state index in [1.807, 2.05) is 18.4 Å². The molecule has 0 aliphatic rings. The molecule has 1 rings (SSSR count). The highest BCUT2D eigenvalue weighted by molar-refractivity contribution is 7.10. The maximum atomic E-state index is 11.5. The van der Waals surface area contributed by atoms with Crippen molar-refractivity contribution in [2.45, 2.75) is 19.5 Å². The van der Waals surface area contributed by atoms with Crippen molar-refractivity contribution in [2.24, 2.45) is 0 Å². The highest BCUT2D eigenvalue weighted by Gasteiger charge is 2.13. The van der Waals surface area contributed by atoms with E-state index >= 15 is 0 Å². The summed E-state index contributed by atoms with van der Waals surface area (Å²) in [6.07, 6.45) is 0. The third-order valence-corrected chi connectivity index (χ3v) is 3.11. The SMILES string of the molecule is C[C@@H](NCc1cc(C#N)cs1)C(=O)N(C)C.Cl. The zero-order valence-electron chi connectivity index (χ0n) is 10.1. The second kappa shape index (κ2) is 7.28. The molecule has 0 unspecified atom stereocenters. The number of carbonyl (C=O) groups is 1. The summed E-state index contributed by atoms with van der Waals surface area (Å²) in [5.74, 6) is 0.0528. The number of likely N-dealkylation sites (N-methyl/N-ethyl adjacent to an activating group) is 1. The highest BCUT2D eigenvalue weighted by atomic mass is 35.5. The Balaban J connectivity index is 0.00000256. The van der Waals surface area contributed by atoms with E-state index in [-0.39, 0.29) is 24.4 Å². The van der Waals surface area contributed by atoms with Crippen LogP contribution in [0.2, 0.25) is 0 Å². The molecule has 0 radical (unpaired) electrons. The van der Waals surface area contributed by atoms with Gasteiger partial charge < -0.3 is 10.2 Å². The normalized spacial score (nSPS) is 11.2. The summed E-state index contributed by atoms with van der Waals surface area (Å²) in [5, 5.41) is 13.6. The molecular formula is C11H16ClN3OS. The molecule has 17 heavy (non-hydrogen) atoms. The average molecular weight is 274 g/mol. The largest absolute Gasteiger partial charge is 0.347 e. The van der Waals surface area contributed by atoms with Gasteiger partial charge >= 0.3 is 0 Å². The van der Waals surface area contributed by atoms with Gasteiger partial charge in [-0.15, -0.1) is 23.7 Å². The van der Waals surface area contributed by atoms with Gasteiger partial charge in [-0.05, 0) is 13.0 Å². The first-order valence-corrected chi connectivity index (χ1v) is 5.84. The van der Waals surface area contributed by atoms with E-state index in [4.69, 9.17) is 5.26 Å². The summed E-state index contributed by atoms with van der Waals surface area (Å²) >= 11 is 1.53. The Morgan fingerprint density at radius 3 is 2.76 bits per heavy atom. The average Bonchev–Trinajstić information content (AvgIpc) is 2.72. The van der Waals surface area contributed by atoms with Crippen molar-refractivity contribution in [2.75, 3.05) is 14.1 Å². The molecule has 1 heterocycles. The molecule has 0 aliphatic carbocycles. The van der Waals surface area contributed by atoms with Gasteiger partial charge in [-0.3, -0.25) is 4.79 Å². The fourth-order valence-electron chi connectivity index (χ4n) is 1.26. The summed E-state index contributed by atoms with van der Waals surface area (Å²) in [5.41, 5.74) is 0.674. The van der Waals surface area contributed by atoms with Crippen LogP contribution in [0.1, 0.15) is 17.4 Å². The first kappa shape index (κ1) is 15.9. The van der Waals surface area contributed by atoms with Crippen molar-refractivity contribution in [1.82, 2.24) is 10.2 Å². The fraction of sp³-hybridized carbons (Fsp3) is 0.455. The topological polar surface area (TPSA) is 56.1 Å². The molecule has 0 saturated carbocycles. The van der Waals surface area contributed by atoms with E-state index in [1.54, 1.807) is 19.0 Å². The summed E-state index contributed by atoms with van der Waals surface area (Å²) in [4.78, 5) is 14.2. The highest BCUT2D eigenvalue weighted by Crippen LogP contribution is 2.13. The molecule has 1 amide bonds. The van der Waals surface area contributed by atoms with E-state index in [0.29, 0.717) is 12.1 Å². The smallest absolute Gasteiger partial charge is 0.238 e. The molecule has 94 valence electrons. The zero-order valence-corrected chi connectivity index (χ0v) is 11.7. The zero-order chi connectivity index (χ0) is 12.1. The van der Waals surface area contributed by atoms with Crippen LogP contribution in [0.15, 0.2) is 11.4 Å². The number of nitriles is 1. The molecule has 1 N–H and O–H groups in total. The third kappa shape index (κ3) is 4.73. The van der Waals surface area contributed by atoms with E-state index < -0.39 is 0 Å². The second-order valence-electron chi connectivity index (χ2n) is 3.75. The van der Waals surface area contributed by atoms with Crippen LogP contribution in [-0.2, 0) is 11.3 Å². The van der Waals surface area contributed by atoms with Crippen molar-refractivity contribution in [3.63, 3.8) is 0 Å². The van der Waals surface area contributed by atoms with Gasteiger partial charge in [0.05, 0.1) is 11.6 Å². The Morgan fingerprint density at radius 2 is 2.29 bits per heavy atom. The van der Waals surface area contributed by atoms with Crippen LogP contribution in [0.4, 0.5) is 0 Å². The van der Waals surface area contributed by atoms with Gasteiger partial charge in [-0.1, -0.05) is 0 Å². The number of rotatable bonds is 4. The minimum absolute atomic E-state index is 0. The molecule has 1 aromatic heterocycles. The van der Waals surface area contributed by atoms with Crippen molar-refractivity contribution >= 4 is 29.7 Å². The van der Waals surface area contributed by atoms with Crippen LogP contribution >= 0.6 is 23.7 Å². The summed E-state index contributed by atoms with van der Waals surface area (Å²) < 4.78 is 0. The number of amides is 1. The van der Waals surface area contributed by atoms with Gasteiger partial charge in [0.2, 0.25) is 5.91 Å². The molecule has 4 nitrogen and oxygen atoms in total. The van der Waals surface area contributed by atoms with Crippen LogP contribution in [0.3, 0.4) is 0 Å². The van der Waals surface area contributed by atoms with Crippen LogP contribution in [0.5, 0.6) is 0 Å².